The Morgan fingerprint density at radius 1 is 1.31 bits per heavy atom. The lowest BCUT2D eigenvalue weighted by Gasteiger charge is -2.32. The lowest BCUT2D eigenvalue weighted by atomic mass is 9.81. The van der Waals surface area contributed by atoms with Gasteiger partial charge in [0.05, 0.1) is 12.7 Å². The van der Waals surface area contributed by atoms with Crippen molar-refractivity contribution in [2.75, 3.05) is 37.0 Å². The van der Waals surface area contributed by atoms with E-state index in [1.54, 1.807) is 6.07 Å². The van der Waals surface area contributed by atoms with E-state index in [0.29, 0.717) is 10.8 Å². The van der Waals surface area contributed by atoms with Crippen LogP contribution in [0.1, 0.15) is 25.3 Å². The van der Waals surface area contributed by atoms with Crippen molar-refractivity contribution in [3.8, 4) is 0 Å². The van der Waals surface area contributed by atoms with Gasteiger partial charge in [-0.2, -0.15) is 0 Å². The van der Waals surface area contributed by atoms with Gasteiger partial charge < -0.3 is 10.0 Å². The number of likely N-dealkylation sites (tertiary alicyclic amines) is 1. The molecular weight excluding hydrogens is 336 g/mol. The Hall–Kier alpha value is -2.32. The molecule has 3 heterocycles. The number of hydroxylamine groups is 2. The highest BCUT2D eigenvalue weighted by atomic mass is 16.5. The molecule has 0 spiro atoms. The number of fused-ring (bicyclic) bond motifs is 3. The first kappa shape index (κ1) is 17.1. The highest BCUT2D eigenvalue weighted by Crippen LogP contribution is 2.51. The lowest BCUT2D eigenvalue weighted by Crippen LogP contribution is -2.45. The number of carbonyl (C=O) groups excluding carboxylic acids is 1. The number of amides is 2. The van der Waals surface area contributed by atoms with Crippen LogP contribution in [0.2, 0.25) is 0 Å². The molecule has 2 N–H and O–H groups in total. The van der Waals surface area contributed by atoms with Gasteiger partial charge in [0, 0.05) is 30.4 Å². The molecule has 0 aromatic heterocycles. The van der Waals surface area contributed by atoms with E-state index in [9.17, 15) is 19.9 Å². The number of benzene rings is 1. The quantitative estimate of drug-likeness (QED) is 0.778. The number of carboxylic acid groups (broad SMARTS) is 1. The summed E-state index contributed by atoms with van der Waals surface area (Å²) in [4.78, 5) is 29.7. The molecule has 0 unspecified atom stereocenters. The van der Waals surface area contributed by atoms with Crippen LogP contribution in [0, 0.1) is 0 Å². The summed E-state index contributed by atoms with van der Waals surface area (Å²) in [6.07, 6.45) is 0.332. The molecule has 3 aliphatic rings. The summed E-state index contributed by atoms with van der Waals surface area (Å²) < 4.78 is 0. The highest BCUT2D eigenvalue weighted by molar-refractivity contribution is 5.97. The fourth-order valence-electron chi connectivity index (χ4n) is 5.03. The molecule has 1 aromatic carbocycles. The molecule has 0 saturated carbocycles. The molecule has 3 atom stereocenters. The molecule has 4 rings (SSSR count). The fourth-order valence-corrected chi connectivity index (χ4v) is 5.03. The number of anilines is 2. The van der Waals surface area contributed by atoms with Crippen LogP contribution in [0.4, 0.5) is 16.2 Å². The predicted molar refractivity (Wildman–Crippen MR) is 95.6 cm³/mol. The molecule has 8 nitrogen and oxygen atoms in total. The van der Waals surface area contributed by atoms with Gasteiger partial charge in [0.2, 0.25) is 0 Å². The van der Waals surface area contributed by atoms with Crippen LogP contribution >= 0.6 is 0 Å². The third-order valence-corrected chi connectivity index (χ3v) is 6.26. The first-order valence-corrected chi connectivity index (χ1v) is 8.85. The van der Waals surface area contributed by atoms with Gasteiger partial charge in [0.25, 0.3) is 5.91 Å². The van der Waals surface area contributed by atoms with Gasteiger partial charge in [0.15, 0.2) is 0 Å². The van der Waals surface area contributed by atoms with Crippen molar-refractivity contribution in [1.29, 1.82) is 0 Å². The van der Waals surface area contributed by atoms with E-state index in [0.717, 1.165) is 29.1 Å². The van der Waals surface area contributed by atoms with Gasteiger partial charge in [-0.1, -0.05) is 6.92 Å². The van der Waals surface area contributed by atoms with E-state index in [2.05, 4.69) is 30.8 Å². The molecule has 1 aromatic rings. The van der Waals surface area contributed by atoms with Crippen molar-refractivity contribution >= 4 is 23.4 Å². The first-order valence-electron chi connectivity index (χ1n) is 8.85. The van der Waals surface area contributed by atoms with Gasteiger partial charge in [-0.05, 0) is 43.7 Å². The Morgan fingerprint density at radius 2 is 2.04 bits per heavy atom. The second kappa shape index (κ2) is 5.59. The minimum atomic E-state index is -1.19. The third kappa shape index (κ3) is 2.15. The smallest absolute Gasteiger partial charge is 0.412 e. The number of rotatable bonds is 2. The van der Waals surface area contributed by atoms with E-state index in [1.807, 2.05) is 12.1 Å². The molecule has 2 amide bonds. The second-order valence-corrected chi connectivity index (χ2v) is 7.75. The topological polar surface area (TPSA) is 87.6 Å². The van der Waals surface area contributed by atoms with Gasteiger partial charge in [0.1, 0.15) is 6.04 Å². The molecule has 0 radical (unpaired) electrons. The van der Waals surface area contributed by atoms with Crippen LogP contribution in [-0.2, 0) is 10.2 Å². The average Bonchev–Trinajstić information content (AvgIpc) is 3.15. The third-order valence-electron chi connectivity index (χ3n) is 6.26. The summed E-state index contributed by atoms with van der Waals surface area (Å²) in [6.45, 7) is 3.35. The standard InChI is InChI=1S/C18H24N4O4/c1-18-7-9-19(2)16(18)20(3)13-5-4-11(10-12(13)18)22(17(24)25)14-6-8-21(26)15(14)23/h4-5,10,14,16,26H,6-9H2,1-3H3,(H,24,25)/t14-,16-,18+/m1/s1. The zero-order valence-corrected chi connectivity index (χ0v) is 15.2. The van der Waals surface area contributed by atoms with Gasteiger partial charge in [-0.3, -0.25) is 19.8 Å². The lowest BCUT2D eigenvalue weighted by molar-refractivity contribution is -0.158. The SMILES string of the molecule is CN1CC[C@@]2(C)c3cc(N(C(=O)O)[C@@H]4CCN(O)C4=O)ccc3N(C)[C@@H]12. The second-order valence-electron chi connectivity index (χ2n) is 7.75. The molecule has 26 heavy (non-hydrogen) atoms. The largest absolute Gasteiger partial charge is 0.465 e. The van der Waals surface area contributed by atoms with Gasteiger partial charge >= 0.3 is 6.09 Å². The Balaban J connectivity index is 1.77. The van der Waals surface area contributed by atoms with Gasteiger partial charge in [-0.25, -0.2) is 9.86 Å². The molecule has 0 bridgehead atoms. The minimum absolute atomic E-state index is 0.0816. The van der Waals surface area contributed by atoms with Crippen LogP contribution in [-0.4, -0.2) is 71.7 Å². The molecule has 2 fully saturated rings. The number of likely N-dealkylation sites (N-methyl/N-ethyl adjacent to an activating group) is 2. The number of hydrogen-bond acceptors (Lipinski definition) is 5. The maximum Gasteiger partial charge on any atom is 0.412 e. The average molecular weight is 360 g/mol. The van der Waals surface area contributed by atoms with Crippen LogP contribution in [0.3, 0.4) is 0 Å². The summed E-state index contributed by atoms with van der Waals surface area (Å²) in [5, 5.41) is 19.9. The van der Waals surface area contributed by atoms with Crippen LogP contribution in [0.15, 0.2) is 18.2 Å². The van der Waals surface area contributed by atoms with Crippen molar-refractivity contribution in [2.24, 2.45) is 0 Å². The number of carbonyl (C=O) groups is 2. The summed E-state index contributed by atoms with van der Waals surface area (Å²) >= 11 is 0. The molecule has 140 valence electrons. The molecule has 8 heteroatoms. The Kier molecular flexibility index (Phi) is 3.68. The normalized spacial score (nSPS) is 30.7. The molecular formula is C18H24N4O4. The highest BCUT2D eigenvalue weighted by Gasteiger charge is 2.52. The summed E-state index contributed by atoms with van der Waals surface area (Å²) in [5.41, 5.74) is 2.61. The predicted octanol–water partition coefficient (Wildman–Crippen LogP) is 1.53. The van der Waals surface area contributed by atoms with Gasteiger partial charge in [-0.15, -0.1) is 0 Å². The summed E-state index contributed by atoms with van der Waals surface area (Å²) in [5.74, 6) is -0.574. The zero-order chi connectivity index (χ0) is 18.8. The fraction of sp³-hybridized carbons (Fsp3) is 0.556. The monoisotopic (exact) mass is 360 g/mol. The van der Waals surface area contributed by atoms with E-state index in [1.165, 1.54) is 0 Å². The van der Waals surface area contributed by atoms with Crippen molar-refractivity contribution in [1.82, 2.24) is 9.96 Å². The van der Waals surface area contributed by atoms with E-state index in [-0.39, 0.29) is 24.5 Å². The van der Waals surface area contributed by atoms with Crippen molar-refractivity contribution in [3.63, 3.8) is 0 Å². The summed E-state index contributed by atoms with van der Waals surface area (Å²) in [7, 11) is 4.17. The Morgan fingerprint density at radius 3 is 2.65 bits per heavy atom. The van der Waals surface area contributed by atoms with Crippen LogP contribution in [0.25, 0.3) is 0 Å². The molecule has 0 aliphatic carbocycles. The van der Waals surface area contributed by atoms with E-state index in [4.69, 9.17) is 0 Å². The number of hydrogen-bond donors (Lipinski definition) is 2. The van der Waals surface area contributed by atoms with Crippen molar-refractivity contribution < 1.29 is 19.9 Å². The van der Waals surface area contributed by atoms with Crippen LogP contribution < -0.4 is 9.80 Å². The van der Waals surface area contributed by atoms with E-state index < -0.39 is 18.0 Å². The first-order chi connectivity index (χ1) is 12.3. The summed E-state index contributed by atoms with van der Waals surface area (Å²) in [6, 6.07) is 4.71. The van der Waals surface area contributed by atoms with Crippen molar-refractivity contribution in [2.45, 2.75) is 37.4 Å². The maximum atomic E-state index is 12.2. The minimum Gasteiger partial charge on any atom is -0.465 e. The number of nitrogens with zero attached hydrogens (tertiary/aromatic N) is 4. The van der Waals surface area contributed by atoms with Crippen LogP contribution in [0.5, 0.6) is 0 Å². The Labute approximate surface area is 152 Å². The zero-order valence-electron chi connectivity index (χ0n) is 15.2. The van der Waals surface area contributed by atoms with E-state index >= 15 is 0 Å². The maximum absolute atomic E-state index is 12.2. The molecule has 2 saturated heterocycles. The Bertz CT molecular complexity index is 784. The molecule has 3 aliphatic heterocycles. The van der Waals surface area contributed by atoms with Crippen molar-refractivity contribution in [3.05, 3.63) is 23.8 Å².